The van der Waals surface area contributed by atoms with Crippen molar-refractivity contribution in [3.63, 3.8) is 0 Å². The number of unbranched alkanes of at least 4 members (excludes halogenated alkanes) is 18. The molecular weight excluding hydrogens is 348 g/mol. The molecule has 0 saturated carbocycles. The van der Waals surface area contributed by atoms with Gasteiger partial charge in [0.2, 0.25) is 0 Å². The molecule has 0 N–H and O–H groups in total. The SMILES string of the molecule is CCCCCCCCCCCCCCCCCOC(=O)OCCCCCCC. The van der Waals surface area contributed by atoms with Crippen molar-refractivity contribution in [2.24, 2.45) is 0 Å². The molecule has 0 aromatic rings. The lowest BCUT2D eigenvalue weighted by molar-refractivity contribution is 0.0529. The largest absolute Gasteiger partial charge is 0.508 e. The van der Waals surface area contributed by atoms with Gasteiger partial charge in [-0.3, -0.25) is 0 Å². The van der Waals surface area contributed by atoms with Crippen LogP contribution in [0.25, 0.3) is 0 Å². The molecule has 0 radical (unpaired) electrons. The Kier molecular flexibility index (Phi) is 23.7. The lowest BCUT2D eigenvalue weighted by Crippen LogP contribution is -2.09. The van der Waals surface area contributed by atoms with Gasteiger partial charge < -0.3 is 9.47 Å². The summed E-state index contributed by atoms with van der Waals surface area (Å²) in [5.41, 5.74) is 0. The molecule has 0 aromatic heterocycles. The number of hydrogen-bond donors (Lipinski definition) is 0. The molecule has 0 heterocycles. The Bertz CT molecular complexity index is 304. The first-order valence-corrected chi connectivity index (χ1v) is 12.6. The van der Waals surface area contributed by atoms with Crippen LogP contribution in [0.3, 0.4) is 0 Å². The third-order valence-corrected chi connectivity index (χ3v) is 5.44. The third-order valence-electron chi connectivity index (χ3n) is 5.44. The van der Waals surface area contributed by atoms with Gasteiger partial charge in [-0.1, -0.05) is 129 Å². The van der Waals surface area contributed by atoms with Crippen molar-refractivity contribution in [2.75, 3.05) is 13.2 Å². The predicted molar refractivity (Wildman–Crippen MR) is 121 cm³/mol. The Morgan fingerprint density at radius 1 is 0.429 bits per heavy atom. The molecule has 3 nitrogen and oxygen atoms in total. The standard InChI is InChI=1S/C25H50O3/c1-3-5-7-9-10-11-12-13-14-15-16-17-18-20-22-24-28-25(26)27-23-21-19-8-6-4-2/h3-24H2,1-2H3. The number of rotatable bonds is 22. The summed E-state index contributed by atoms with van der Waals surface area (Å²) in [6, 6.07) is 0. The second-order valence-corrected chi connectivity index (χ2v) is 8.31. The number of ether oxygens (including phenoxy) is 2. The van der Waals surface area contributed by atoms with Crippen molar-refractivity contribution >= 4 is 6.16 Å². The van der Waals surface area contributed by atoms with E-state index in [4.69, 9.17) is 9.47 Å². The molecule has 0 aliphatic heterocycles. The first kappa shape index (κ1) is 27.3. The van der Waals surface area contributed by atoms with Crippen molar-refractivity contribution in [3.05, 3.63) is 0 Å². The summed E-state index contributed by atoms with van der Waals surface area (Å²) < 4.78 is 10.2. The lowest BCUT2D eigenvalue weighted by atomic mass is 10.0. The molecular formula is C25H50O3. The van der Waals surface area contributed by atoms with Gasteiger partial charge in [-0.2, -0.15) is 0 Å². The average molecular weight is 399 g/mol. The molecule has 0 atom stereocenters. The summed E-state index contributed by atoms with van der Waals surface area (Å²) in [6.07, 6.45) is 25.5. The Labute approximate surface area is 176 Å². The minimum absolute atomic E-state index is 0.485. The van der Waals surface area contributed by atoms with E-state index in [9.17, 15) is 4.79 Å². The zero-order valence-corrected chi connectivity index (χ0v) is 19.3. The van der Waals surface area contributed by atoms with Gasteiger partial charge in [0, 0.05) is 0 Å². The highest BCUT2D eigenvalue weighted by atomic mass is 16.7. The Balaban J connectivity index is 3.10. The smallest absolute Gasteiger partial charge is 0.434 e. The van der Waals surface area contributed by atoms with Gasteiger partial charge in [0.25, 0.3) is 0 Å². The highest BCUT2D eigenvalue weighted by molar-refractivity contribution is 5.59. The summed E-state index contributed by atoms with van der Waals surface area (Å²) in [5, 5.41) is 0. The Morgan fingerprint density at radius 2 is 0.679 bits per heavy atom. The molecule has 0 fully saturated rings. The van der Waals surface area contributed by atoms with Gasteiger partial charge in [-0.25, -0.2) is 4.79 Å². The first-order valence-electron chi connectivity index (χ1n) is 12.6. The van der Waals surface area contributed by atoms with Crippen molar-refractivity contribution in [3.8, 4) is 0 Å². The van der Waals surface area contributed by atoms with E-state index in [2.05, 4.69) is 13.8 Å². The summed E-state index contributed by atoms with van der Waals surface area (Å²) in [5.74, 6) is 0. The zero-order valence-electron chi connectivity index (χ0n) is 19.3. The molecule has 0 aliphatic carbocycles. The summed E-state index contributed by atoms with van der Waals surface area (Å²) in [6.45, 7) is 5.49. The second-order valence-electron chi connectivity index (χ2n) is 8.31. The van der Waals surface area contributed by atoms with Crippen LogP contribution in [0.5, 0.6) is 0 Å². The van der Waals surface area contributed by atoms with E-state index in [1.807, 2.05) is 0 Å². The maximum atomic E-state index is 11.4. The van der Waals surface area contributed by atoms with E-state index in [1.165, 1.54) is 103 Å². The van der Waals surface area contributed by atoms with Gasteiger partial charge in [0.05, 0.1) is 13.2 Å². The highest BCUT2D eigenvalue weighted by Gasteiger charge is 2.03. The van der Waals surface area contributed by atoms with Gasteiger partial charge in [0.1, 0.15) is 0 Å². The monoisotopic (exact) mass is 398 g/mol. The summed E-state index contributed by atoms with van der Waals surface area (Å²) in [7, 11) is 0. The zero-order chi connectivity index (χ0) is 20.5. The average Bonchev–Trinajstić information content (AvgIpc) is 2.70. The van der Waals surface area contributed by atoms with Crippen LogP contribution in [0, 0.1) is 0 Å². The molecule has 0 saturated heterocycles. The fourth-order valence-electron chi connectivity index (χ4n) is 3.53. The van der Waals surface area contributed by atoms with Gasteiger partial charge in [-0.05, 0) is 12.8 Å². The Hall–Kier alpha value is -0.730. The number of carbonyl (C=O) groups excluding carboxylic acids is 1. The molecule has 0 aliphatic rings. The molecule has 0 unspecified atom stereocenters. The maximum absolute atomic E-state index is 11.4. The molecule has 168 valence electrons. The normalized spacial score (nSPS) is 10.9. The van der Waals surface area contributed by atoms with Crippen molar-refractivity contribution in [1.82, 2.24) is 0 Å². The van der Waals surface area contributed by atoms with Crippen molar-refractivity contribution in [2.45, 2.75) is 142 Å². The fraction of sp³-hybridized carbons (Fsp3) is 0.960. The van der Waals surface area contributed by atoms with Crippen LogP contribution in [-0.2, 0) is 9.47 Å². The minimum Gasteiger partial charge on any atom is -0.434 e. The minimum atomic E-state index is -0.485. The van der Waals surface area contributed by atoms with E-state index in [0.717, 1.165) is 25.7 Å². The fourth-order valence-corrected chi connectivity index (χ4v) is 3.53. The van der Waals surface area contributed by atoms with Crippen molar-refractivity contribution < 1.29 is 14.3 Å². The van der Waals surface area contributed by atoms with Crippen LogP contribution >= 0.6 is 0 Å². The molecule has 0 amide bonds. The molecule has 3 heteroatoms. The van der Waals surface area contributed by atoms with E-state index in [1.54, 1.807) is 0 Å². The third kappa shape index (κ3) is 23.3. The summed E-state index contributed by atoms with van der Waals surface area (Å²) in [4.78, 5) is 11.4. The molecule has 0 aromatic carbocycles. The van der Waals surface area contributed by atoms with Gasteiger partial charge >= 0.3 is 6.16 Å². The van der Waals surface area contributed by atoms with E-state index in [-0.39, 0.29) is 0 Å². The van der Waals surface area contributed by atoms with Crippen LogP contribution < -0.4 is 0 Å². The number of hydrogen-bond acceptors (Lipinski definition) is 3. The van der Waals surface area contributed by atoms with E-state index >= 15 is 0 Å². The van der Waals surface area contributed by atoms with Crippen LogP contribution in [0.2, 0.25) is 0 Å². The van der Waals surface area contributed by atoms with Crippen molar-refractivity contribution in [1.29, 1.82) is 0 Å². The quantitative estimate of drug-likeness (QED) is 0.135. The van der Waals surface area contributed by atoms with Gasteiger partial charge in [0.15, 0.2) is 0 Å². The second kappa shape index (κ2) is 24.3. The molecule has 0 spiro atoms. The number of carbonyl (C=O) groups is 1. The first-order chi connectivity index (χ1) is 13.8. The van der Waals surface area contributed by atoms with Crippen LogP contribution in [0.4, 0.5) is 4.79 Å². The Morgan fingerprint density at radius 3 is 0.964 bits per heavy atom. The van der Waals surface area contributed by atoms with E-state index < -0.39 is 6.16 Å². The van der Waals surface area contributed by atoms with Crippen LogP contribution in [0.15, 0.2) is 0 Å². The van der Waals surface area contributed by atoms with Crippen LogP contribution in [0.1, 0.15) is 142 Å². The predicted octanol–water partition coefficient (Wildman–Crippen LogP) is 8.98. The molecule has 0 bridgehead atoms. The molecule has 28 heavy (non-hydrogen) atoms. The van der Waals surface area contributed by atoms with Crippen LogP contribution in [-0.4, -0.2) is 19.4 Å². The highest BCUT2D eigenvalue weighted by Crippen LogP contribution is 2.13. The maximum Gasteiger partial charge on any atom is 0.508 e. The molecule has 0 rings (SSSR count). The topological polar surface area (TPSA) is 35.5 Å². The van der Waals surface area contributed by atoms with E-state index in [0.29, 0.717) is 13.2 Å². The van der Waals surface area contributed by atoms with Gasteiger partial charge in [-0.15, -0.1) is 0 Å². The lowest BCUT2D eigenvalue weighted by Gasteiger charge is -2.06. The summed E-state index contributed by atoms with van der Waals surface area (Å²) >= 11 is 0.